The van der Waals surface area contributed by atoms with Gasteiger partial charge in [-0.05, 0) is 29.8 Å². The van der Waals surface area contributed by atoms with E-state index >= 15 is 0 Å². The van der Waals surface area contributed by atoms with Gasteiger partial charge in [0.1, 0.15) is 0 Å². The Morgan fingerprint density at radius 1 is 1.25 bits per heavy atom. The van der Waals surface area contributed by atoms with Gasteiger partial charge in [-0.25, -0.2) is 4.98 Å². The summed E-state index contributed by atoms with van der Waals surface area (Å²) >= 11 is 4.82. The predicted molar refractivity (Wildman–Crippen MR) is 99.6 cm³/mol. The first-order chi connectivity index (χ1) is 11.6. The van der Waals surface area contributed by atoms with Crippen LogP contribution in [0, 0.1) is 10.1 Å². The normalized spacial score (nSPS) is 10.9. The average molecular weight is 403 g/mol. The van der Waals surface area contributed by atoms with Crippen molar-refractivity contribution in [2.45, 2.75) is 0 Å². The summed E-state index contributed by atoms with van der Waals surface area (Å²) in [5.74, 6) is 0. The Bertz CT molecular complexity index is 893. The van der Waals surface area contributed by atoms with E-state index in [2.05, 4.69) is 31.4 Å². The lowest BCUT2D eigenvalue weighted by Gasteiger charge is -1.97. The Morgan fingerprint density at radius 2 is 2.04 bits per heavy atom. The lowest BCUT2D eigenvalue weighted by Crippen LogP contribution is -1.90. The second kappa shape index (κ2) is 7.33. The maximum absolute atomic E-state index is 10.7. The van der Waals surface area contributed by atoms with Gasteiger partial charge in [-0.2, -0.15) is 5.10 Å². The molecule has 0 unspecified atom stereocenters. The monoisotopic (exact) mass is 402 g/mol. The Morgan fingerprint density at radius 3 is 2.75 bits per heavy atom. The van der Waals surface area contributed by atoms with Gasteiger partial charge in [-0.15, -0.1) is 11.3 Å². The van der Waals surface area contributed by atoms with E-state index in [0.717, 1.165) is 21.3 Å². The third-order valence-electron chi connectivity index (χ3n) is 3.10. The van der Waals surface area contributed by atoms with Crippen LogP contribution in [-0.2, 0) is 0 Å². The van der Waals surface area contributed by atoms with Crippen molar-refractivity contribution < 1.29 is 4.92 Å². The highest BCUT2D eigenvalue weighted by Gasteiger charge is 2.07. The van der Waals surface area contributed by atoms with E-state index in [1.807, 2.05) is 29.6 Å². The summed E-state index contributed by atoms with van der Waals surface area (Å²) in [6, 6.07) is 14.1. The van der Waals surface area contributed by atoms with E-state index < -0.39 is 4.92 Å². The lowest BCUT2D eigenvalue weighted by atomic mass is 10.1. The molecule has 0 amide bonds. The number of nitro groups is 1. The zero-order valence-corrected chi connectivity index (χ0v) is 14.6. The third kappa shape index (κ3) is 4.03. The summed E-state index contributed by atoms with van der Waals surface area (Å²) in [7, 11) is 0. The quantitative estimate of drug-likeness (QED) is 0.372. The molecular weight excluding hydrogens is 392 g/mol. The zero-order valence-electron chi connectivity index (χ0n) is 12.2. The van der Waals surface area contributed by atoms with Crippen molar-refractivity contribution in [1.29, 1.82) is 0 Å². The van der Waals surface area contributed by atoms with Crippen LogP contribution in [0.1, 0.15) is 5.56 Å². The van der Waals surface area contributed by atoms with Crippen molar-refractivity contribution >= 4 is 44.3 Å². The Labute approximate surface area is 150 Å². The number of aromatic nitrogens is 1. The predicted octanol–water partition coefficient (Wildman–Crippen LogP) is 4.93. The van der Waals surface area contributed by atoms with Crippen molar-refractivity contribution in [2.75, 3.05) is 5.43 Å². The minimum absolute atomic E-state index is 0.0611. The first kappa shape index (κ1) is 16.3. The van der Waals surface area contributed by atoms with Gasteiger partial charge < -0.3 is 0 Å². The van der Waals surface area contributed by atoms with Gasteiger partial charge in [-0.1, -0.05) is 28.1 Å². The molecule has 0 aliphatic heterocycles. The maximum atomic E-state index is 10.7. The SMILES string of the molecule is O=[N+]([O-])c1ccc(-c2csc(N/N=C\c3cccc(Br)c3)n2)cc1. The molecule has 0 radical (unpaired) electrons. The molecule has 3 rings (SSSR count). The number of halogens is 1. The van der Waals surface area contributed by atoms with Crippen LogP contribution in [0.2, 0.25) is 0 Å². The molecule has 6 nitrogen and oxygen atoms in total. The van der Waals surface area contributed by atoms with Crippen LogP contribution < -0.4 is 5.43 Å². The number of anilines is 1. The molecule has 0 fully saturated rings. The highest BCUT2D eigenvalue weighted by atomic mass is 79.9. The number of non-ortho nitro benzene ring substituents is 1. The van der Waals surface area contributed by atoms with E-state index in [9.17, 15) is 10.1 Å². The number of hydrogen-bond donors (Lipinski definition) is 1. The fraction of sp³-hybridized carbons (Fsp3) is 0. The summed E-state index contributed by atoms with van der Waals surface area (Å²) < 4.78 is 0.987. The van der Waals surface area contributed by atoms with Crippen molar-refractivity contribution in [2.24, 2.45) is 5.10 Å². The molecule has 0 aliphatic carbocycles. The smallest absolute Gasteiger partial charge is 0.258 e. The number of nitrogens with one attached hydrogen (secondary N) is 1. The van der Waals surface area contributed by atoms with Crippen molar-refractivity contribution in [1.82, 2.24) is 4.98 Å². The number of hydrogen-bond acceptors (Lipinski definition) is 6. The van der Waals surface area contributed by atoms with Crippen LogP contribution in [0.15, 0.2) is 63.5 Å². The van der Waals surface area contributed by atoms with Crippen LogP contribution in [0.3, 0.4) is 0 Å². The molecule has 2 aromatic carbocycles. The number of thiazole rings is 1. The number of nitrogens with zero attached hydrogens (tertiary/aromatic N) is 3. The van der Waals surface area contributed by atoms with Crippen LogP contribution in [0.5, 0.6) is 0 Å². The molecule has 0 atom stereocenters. The summed E-state index contributed by atoms with van der Waals surface area (Å²) in [6.07, 6.45) is 1.71. The summed E-state index contributed by atoms with van der Waals surface area (Å²) in [5.41, 5.74) is 5.47. The molecular formula is C16H11BrN4O2S. The molecule has 0 spiro atoms. The number of benzene rings is 2. The minimum atomic E-state index is -0.422. The minimum Gasteiger partial charge on any atom is -0.258 e. The highest BCUT2D eigenvalue weighted by Crippen LogP contribution is 2.26. The first-order valence-corrected chi connectivity index (χ1v) is 8.54. The second-order valence-electron chi connectivity index (χ2n) is 4.77. The van der Waals surface area contributed by atoms with E-state index in [1.165, 1.54) is 23.5 Å². The van der Waals surface area contributed by atoms with Gasteiger partial charge in [0.25, 0.3) is 5.69 Å². The Hall–Kier alpha value is -2.58. The third-order valence-corrected chi connectivity index (χ3v) is 4.34. The highest BCUT2D eigenvalue weighted by molar-refractivity contribution is 9.10. The van der Waals surface area contributed by atoms with Gasteiger partial charge in [-0.3, -0.25) is 15.5 Å². The van der Waals surface area contributed by atoms with Gasteiger partial charge in [0, 0.05) is 27.5 Å². The van der Waals surface area contributed by atoms with Gasteiger partial charge in [0.15, 0.2) is 0 Å². The van der Waals surface area contributed by atoms with E-state index in [1.54, 1.807) is 18.3 Å². The van der Waals surface area contributed by atoms with Gasteiger partial charge in [0.2, 0.25) is 5.13 Å². The van der Waals surface area contributed by atoms with Crippen LogP contribution >= 0.6 is 27.3 Å². The van der Waals surface area contributed by atoms with Crippen molar-refractivity contribution in [3.05, 3.63) is 74.1 Å². The lowest BCUT2D eigenvalue weighted by molar-refractivity contribution is -0.384. The van der Waals surface area contributed by atoms with Crippen molar-refractivity contribution in [3.63, 3.8) is 0 Å². The topological polar surface area (TPSA) is 80.4 Å². The van der Waals surface area contributed by atoms with E-state index in [4.69, 9.17) is 0 Å². The molecule has 8 heteroatoms. The second-order valence-corrected chi connectivity index (χ2v) is 6.54. The van der Waals surface area contributed by atoms with E-state index in [0.29, 0.717) is 5.13 Å². The van der Waals surface area contributed by atoms with Gasteiger partial charge >= 0.3 is 0 Å². The Balaban J connectivity index is 1.68. The average Bonchev–Trinajstić information content (AvgIpc) is 3.04. The summed E-state index contributed by atoms with van der Waals surface area (Å²) in [6.45, 7) is 0. The molecule has 0 aliphatic rings. The fourth-order valence-corrected chi connectivity index (χ4v) is 3.05. The fourth-order valence-electron chi connectivity index (χ4n) is 1.96. The summed E-state index contributed by atoms with van der Waals surface area (Å²) in [5, 5.41) is 17.4. The van der Waals surface area contributed by atoms with E-state index in [-0.39, 0.29) is 5.69 Å². The molecule has 120 valence electrons. The van der Waals surface area contributed by atoms with Crippen LogP contribution in [0.4, 0.5) is 10.8 Å². The molecule has 0 bridgehead atoms. The molecule has 1 aromatic heterocycles. The molecule has 24 heavy (non-hydrogen) atoms. The Kier molecular flexibility index (Phi) is 4.97. The maximum Gasteiger partial charge on any atom is 0.269 e. The standard InChI is InChI=1S/C16H11BrN4O2S/c17-13-3-1-2-11(8-13)9-18-20-16-19-15(10-24-16)12-4-6-14(7-5-12)21(22)23/h1-10H,(H,19,20)/b18-9-. The van der Waals surface area contributed by atoms with Gasteiger partial charge in [0.05, 0.1) is 16.8 Å². The molecule has 3 aromatic rings. The first-order valence-electron chi connectivity index (χ1n) is 6.87. The molecule has 0 saturated heterocycles. The molecule has 1 heterocycles. The van der Waals surface area contributed by atoms with Crippen LogP contribution in [-0.4, -0.2) is 16.1 Å². The van der Waals surface area contributed by atoms with Crippen molar-refractivity contribution in [3.8, 4) is 11.3 Å². The van der Waals surface area contributed by atoms with Crippen LogP contribution in [0.25, 0.3) is 11.3 Å². The number of nitro benzene ring substituents is 1. The zero-order chi connectivity index (χ0) is 16.9. The number of rotatable bonds is 5. The molecule has 0 saturated carbocycles. The summed E-state index contributed by atoms with van der Waals surface area (Å²) in [4.78, 5) is 14.7. The largest absolute Gasteiger partial charge is 0.269 e. The molecule has 1 N–H and O–H groups in total. The number of hydrazone groups is 1.